The van der Waals surface area contributed by atoms with Crippen LogP contribution in [0.5, 0.6) is 0 Å². The van der Waals surface area contributed by atoms with Gasteiger partial charge in [0.25, 0.3) is 0 Å². The van der Waals surface area contributed by atoms with E-state index in [9.17, 15) is 0 Å². The monoisotopic (exact) mass is 253 g/mol. The van der Waals surface area contributed by atoms with E-state index >= 15 is 0 Å². The molecule has 0 amide bonds. The highest BCUT2D eigenvalue weighted by atomic mass is 14.6. The number of hydrogen-bond acceptors (Lipinski definition) is 1. The molecule has 0 unspecified atom stereocenters. The summed E-state index contributed by atoms with van der Waals surface area (Å²) in [5.41, 5.74) is 12.4. The van der Waals surface area contributed by atoms with E-state index in [2.05, 4.69) is 45.6 Å². The topological polar surface area (TPSA) is 26.0 Å². The second kappa shape index (κ2) is 5.08. The molecule has 2 rings (SSSR count). The molecule has 1 nitrogen and oxygen atoms in total. The van der Waals surface area contributed by atoms with Crippen molar-refractivity contribution in [3.05, 3.63) is 59.7 Å². The number of nitrogen functional groups attached to an aromatic ring is 1. The summed E-state index contributed by atoms with van der Waals surface area (Å²) in [7, 11) is 0. The van der Waals surface area contributed by atoms with E-state index in [0.29, 0.717) is 0 Å². The Morgan fingerprint density at radius 2 is 2.00 bits per heavy atom. The minimum atomic E-state index is 0.205. The summed E-state index contributed by atoms with van der Waals surface area (Å²) in [5, 5.41) is 0. The van der Waals surface area contributed by atoms with E-state index in [-0.39, 0.29) is 5.41 Å². The molecule has 0 fully saturated rings. The minimum Gasteiger partial charge on any atom is -0.398 e. The molecule has 0 saturated carbocycles. The summed E-state index contributed by atoms with van der Waals surface area (Å²) in [5.74, 6) is 0. The molecule has 0 atom stereocenters. The zero-order chi connectivity index (χ0) is 14.0. The number of anilines is 1. The van der Waals surface area contributed by atoms with Crippen molar-refractivity contribution in [1.82, 2.24) is 0 Å². The minimum absolute atomic E-state index is 0.205. The predicted octanol–water partition coefficient (Wildman–Crippen LogP) is 4.76. The number of allylic oxidation sites excluding steroid dienone is 5. The third-order valence-electron chi connectivity index (χ3n) is 3.75. The molecule has 1 aromatic carbocycles. The normalized spacial score (nSPS) is 18.3. The smallest absolute Gasteiger partial charge is 0.0353 e. The zero-order valence-corrected chi connectivity index (χ0v) is 12.2. The summed E-state index contributed by atoms with van der Waals surface area (Å²) >= 11 is 0. The van der Waals surface area contributed by atoms with Crippen LogP contribution in [0.1, 0.15) is 38.3 Å². The van der Waals surface area contributed by atoms with Crippen LogP contribution in [-0.4, -0.2) is 0 Å². The maximum Gasteiger partial charge on any atom is 0.0353 e. The molecule has 0 saturated heterocycles. The van der Waals surface area contributed by atoms with Crippen LogP contribution in [0.25, 0.3) is 5.57 Å². The maximum absolute atomic E-state index is 6.20. The van der Waals surface area contributed by atoms with Crippen molar-refractivity contribution in [1.29, 1.82) is 0 Å². The Kier molecular flexibility index (Phi) is 3.66. The molecule has 1 heteroatoms. The van der Waals surface area contributed by atoms with Gasteiger partial charge in [-0.3, -0.25) is 0 Å². The number of nitrogens with two attached hydrogens (primary N) is 1. The van der Waals surface area contributed by atoms with E-state index < -0.39 is 0 Å². The van der Waals surface area contributed by atoms with Crippen molar-refractivity contribution in [2.75, 3.05) is 5.73 Å². The Morgan fingerprint density at radius 3 is 2.63 bits per heavy atom. The molecule has 100 valence electrons. The van der Waals surface area contributed by atoms with E-state index in [1.807, 2.05) is 18.2 Å². The first-order chi connectivity index (χ1) is 8.98. The average Bonchev–Trinajstić information content (AvgIpc) is 2.46. The second-order valence-corrected chi connectivity index (χ2v) is 6.03. The maximum atomic E-state index is 6.20. The van der Waals surface area contributed by atoms with Crippen molar-refractivity contribution >= 4 is 11.3 Å². The van der Waals surface area contributed by atoms with Gasteiger partial charge in [0, 0.05) is 5.69 Å². The molecule has 1 aliphatic rings. The van der Waals surface area contributed by atoms with Crippen LogP contribution in [0.2, 0.25) is 0 Å². The second-order valence-electron chi connectivity index (χ2n) is 6.03. The van der Waals surface area contributed by atoms with Crippen LogP contribution < -0.4 is 5.73 Å². The Bertz CT molecular complexity index is 559. The molecule has 1 aromatic rings. The van der Waals surface area contributed by atoms with Gasteiger partial charge in [-0.15, -0.1) is 0 Å². The lowest BCUT2D eigenvalue weighted by molar-refractivity contribution is 0.366. The van der Waals surface area contributed by atoms with E-state index in [4.69, 9.17) is 5.73 Å². The first-order valence-corrected chi connectivity index (χ1v) is 6.84. The highest BCUT2D eigenvalue weighted by Gasteiger charge is 2.27. The Balaban J connectivity index is 2.76. The van der Waals surface area contributed by atoms with Gasteiger partial charge in [0.05, 0.1) is 0 Å². The van der Waals surface area contributed by atoms with E-state index in [1.54, 1.807) is 0 Å². The number of benzene rings is 1. The van der Waals surface area contributed by atoms with Crippen molar-refractivity contribution in [2.24, 2.45) is 5.41 Å². The number of fused-ring (bicyclic) bond motifs is 1. The van der Waals surface area contributed by atoms with Crippen molar-refractivity contribution < 1.29 is 0 Å². The molecule has 0 bridgehead atoms. The molecule has 19 heavy (non-hydrogen) atoms. The van der Waals surface area contributed by atoms with Crippen molar-refractivity contribution in [2.45, 2.75) is 33.6 Å². The molecule has 0 spiro atoms. The largest absolute Gasteiger partial charge is 0.398 e. The van der Waals surface area contributed by atoms with Crippen molar-refractivity contribution in [3.63, 3.8) is 0 Å². The SMILES string of the molecule is C=CC1=C(/C=C\C)c2cccc(N)c2CC(C)(C)C1. The highest BCUT2D eigenvalue weighted by Crippen LogP contribution is 2.41. The third-order valence-corrected chi connectivity index (χ3v) is 3.75. The molecular weight excluding hydrogens is 230 g/mol. The lowest BCUT2D eigenvalue weighted by Crippen LogP contribution is -2.15. The summed E-state index contributed by atoms with van der Waals surface area (Å²) < 4.78 is 0. The fraction of sp³-hybridized carbons (Fsp3) is 0.333. The van der Waals surface area contributed by atoms with Crippen LogP contribution in [0.3, 0.4) is 0 Å². The van der Waals surface area contributed by atoms with Gasteiger partial charge in [0.15, 0.2) is 0 Å². The highest BCUT2D eigenvalue weighted by molar-refractivity contribution is 5.83. The van der Waals surface area contributed by atoms with Gasteiger partial charge in [-0.25, -0.2) is 0 Å². The fourth-order valence-electron chi connectivity index (χ4n) is 2.92. The van der Waals surface area contributed by atoms with Crippen LogP contribution in [0, 0.1) is 5.41 Å². The fourth-order valence-corrected chi connectivity index (χ4v) is 2.92. The quantitative estimate of drug-likeness (QED) is 0.756. The van der Waals surface area contributed by atoms with Crippen LogP contribution in [0.4, 0.5) is 5.69 Å². The first-order valence-electron chi connectivity index (χ1n) is 6.84. The summed E-state index contributed by atoms with van der Waals surface area (Å²) in [4.78, 5) is 0. The van der Waals surface area contributed by atoms with Crippen molar-refractivity contribution in [3.8, 4) is 0 Å². The predicted molar refractivity (Wildman–Crippen MR) is 84.9 cm³/mol. The number of hydrogen-bond donors (Lipinski definition) is 1. The molecule has 0 radical (unpaired) electrons. The Labute approximate surface area is 116 Å². The van der Waals surface area contributed by atoms with Gasteiger partial charge in [0.2, 0.25) is 0 Å². The Hall–Kier alpha value is -1.76. The van der Waals surface area contributed by atoms with Gasteiger partial charge >= 0.3 is 0 Å². The summed E-state index contributed by atoms with van der Waals surface area (Å²) in [6.45, 7) is 10.6. The van der Waals surface area contributed by atoms with Gasteiger partial charge in [-0.1, -0.05) is 50.8 Å². The van der Waals surface area contributed by atoms with Gasteiger partial charge in [-0.2, -0.15) is 0 Å². The van der Waals surface area contributed by atoms with Gasteiger partial charge < -0.3 is 5.73 Å². The van der Waals surface area contributed by atoms with E-state index in [1.165, 1.54) is 22.3 Å². The molecule has 0 heterocycles. The lowest BCUT2D eigenvalue weighted by atomic mass is 9.81. The molecular formula is C18H23N. The summed E-state index contributed by atoms with van der Waals surface area (Å²) in [6, 6.07) is 6.21. The first kappa shape index (κ1) is 13.7. The average molecular weight is 253 g/mol. The van der Waals surface area contributed by atoms with Crippen LogP contribution >= 0.6 is 0 Å². The molecule has 1 aliphatic carbocycles. The van der Waals surface area contributed by atoms with Crippen LogP contribution in [0.15, 0.2) is 48.6 Å². The molecule has 0 aromatic heterocycles. The molecule has 2 N–H and O–H groups in total. The van der Waals surface area contributed by atoms with Gasteiger partial charge in [0.1, 0.15) is 0 Å². The Morgan fingerprint density at radius 1 is 1.26 bits per heavy atom. The summed E-state index contributed by atoms with van der Waals surface area (Å²) in [6.07, 6.45) is 8.30. The molecule has 0 aliphatic heterocycles. The number of rotatable bonds is 2. The lowest BCUT2D eigenvalue weighted by Gasteiger charge is -2.24. The van der Waals surface area contributed by atoms with Gasteiger partial charge in [-0.05, 0) is 53.5 Å². The van der Waals surface area contributed by atoms with Crippen LogP contribution in [-0.2, 0) is 6.42 Å². The van der Waals surface area contributed by atoms with E-state index in [0.717, 1.165) is 18.5 Å². The zero-order valence-electron chi connectivity index (χ0n) is 12.2. The standard InChI is InChI=1S/C18H23N/c1-5-8-14-13(6-2)11-18(3,4)12-16-15(14)9-7-10-17(16)19/h5-10H,2,11-12,19H2,1,3-4H3/b8-5-. The third kappa shape index (κ3) is 2.65.